The zero-order valence-electron chi connectivity index (χ0n) is 15.4. The van der Waals surface area contributed by atoms with Crippen LogP contribution in [0.2, 0.25) is 10.0 Å². The van der Waals surface area contributed by atoms with Crippen LogP contribution in [0.1, 0.15) is 22.8 Å². The summed E-state index contributed by atoms with van der Waals surface area (Å²) in [5.41, 5.74) is 6.48. The maximum Gasteiger partial charge on any atom is 0.249 e. The number of anilines is 2. The fourth-order valence-corrected chi connectivity index (χ4v) is 4.31. The number of rotatable bonds is 6. The number of hydrogen-bond donors (Lipinski definition) is 2. The summed E-state index contributed by atoms with van der Waals surface area (Å²) in [7, 11) is -3.87. The molecule has 10 heteroatoms. The van der Waals surface area contributed by atoms with Crippen molar-refractivity contribution in [2.75, 3.05) is 15.9 Å². The smallest absolute Gasteiger partial charge is 0.249 e. The van der Waals surface area contributed by atoms with E-state index in [1.165, 1.54) is 31.2 Å². The van der Waals surface area contributed by atoms with Gasteiger partial charge in [0, 0.05) is 16.3 Å². The molecule has 0 saturated carbocycles. The lowest BCUT2D eigenvalue weighted by molar-refractivity contribution is -0.116. The zero-order valence-corrected chi connectivity index (χ0v) is 17.7. The Labute approximate surface area is 173 Å². The Balaban J connectivity index is 2.42. The number of nitrogens with two attached hydrogens (primary N) is 1. The third-order valence-corrected chi connectivity index (χ3v) is 5.87. The van der Waals surface area contributed by atoms with Gasteiger partial charge in [-0.3, -0.25) is 13.9 Å². The van der Waals surface area contributed by atoms with Crippen molar-refractivity contribution in [3.8, 4) is 0 Å². The Morgan fingerprint density at radius 1 is 1.18 bits per heavy atom. The summed E-state index contributed by atoms with van der Waals surface area (Å²) in [6, 6.07) is 7.86. The van der Waals surface area contributed by atoms with Crippen molar-refractivity contribution in [2.45, 2.75) is 19.9 Å². The number of carbonyl (C=O) groups is 2. The Hall–Kier alpha value is -2.29. The fraction of sp³-hybridized carbons (Fsp3) is 0.222. The number of halogens is 2. The number of nitrogens with one attached hydrogen (secondary N) is 1. The molecule has 0 fully saturated rings. The van der Waals surface area contributed by atoms with Crippen molar-refractivity contribution < 1.29 is 18.0 Å². The number of carbonyl (C=O) groups excluding carboxylic acids is 2. The number of sulfonamides is 1. The molecule has 2 amide bonds. The van der Waals surface area contributed by atoms with Gasteiger partial charge in [-0.15, -0.1) is 0 Å². The van der Waals surface area contributed by atoms with Gasteiger partial charge in [0.1, 0.15) is 6.04 Å². The molecule has 0 aromatic heterocycles. The summed E-state index contributed by atoms with van der Waals surface area (Å²) >= 11 is 12.1. The highest BCUT2D eigenvalue weighted by Gasteiger charge is 2.31. The van der Waals surface area contributed by atoms with Crippen LogP contribution in [0.25, 0.3) is 0 Å². The molecule has 0 radical (unpaired) electrons. The largest absolute Gasteiger partial charge is 0.366 e. The van der Waals surface area contributed by atoms with E-state index in [0.717, 1.165) is 10.6 Å². The van der Waals surface area contributed by atoms with E-state index in [4.69, 9.17) is 28.9 Å². The van der Waals surface area contributed by atoms with Gasteiger partial charge >= 0.3 is 0 Å². The first-order valence-corrected chi connectivity index (χ1v) is 10.7. The van der Waals surface area contributed by atoms with Crippen LogP contribution in [0.15, 0.2) is 36.4 Å². The second-order valence-corrected chi connectivity index (χ2v) is 8.87. The van der Waals surface area contributed by atoms with Crippen LogP contribution in [0.3, 0.4) is 0 Å². The number of primary amides is 1. The molecule has 7 nitrogen and oxygen atoms in total. The fourth-order valence-electron chi connectivity index (χ4n) is 2.71. The average molecular weight is 444 g/mol. The van der Waals surface area contributed by atoms with Crippen LogP contribution >= 0.6 is 23.2 Å². The maximum absolute atomic E-state index is 12.8. The highest BCUT2D eigenvalue weighted by atomic mass is 35.5. The van der Waals surface area contributed by atoms with Crippen molar-refractivity contribution in [1.82, 2.24) is 0 Å². The normalized spacial score (nSPS) is 12.3. The first kappa shape index (κ1) is 22.0. The van der Waals surface area contributed by atoms with Gasteiger partial charge < -0.3 is 11.1 Å². The molecule has 2 aromatic carbocycles. The van der Waals surface area contributed by atoms with Gasteiger partial charge in [0.05, 0.1) is 17.0 Å². The summed E-state index contributed by atoms with van der Waals surface area (Å²) in [6.45, 7) is 3.05. The second-order valence-electron chi connectivity index (χ2n) is 6.16. The molecule has 0 spiro atoms. The van der Waals surface area contributed by atoms with Crippen LogP contribution < -0.4 is 15.4 Å². The Morgan fingerprint density at radius 3 is 2.39 bits per heavy atom. The van der Waals surface area contributed by atoms with Crippen molar-refractivity contribution in [3.05, 3.63) is 57.6 Å². The quantitative estimate of drug-likeness (QED) is 0.713. The third-order valence-electron chi connectivity index (χ3n) is 4.09. The van der Waals surface area contributed by atoms with E-state index in [2.05, 4.69) is 5.32 Å². The van der Waals surface area contributed by atoms with Crippen LogP contribution in [0.4, 0.5) is 11.4 Å². The minimum atomic E-state index is -3.87. The van der Waals surface area contributed by atoms with E-state index in [0.29, 0.717) is 11.3 Å². The molecule has 1 unspecified atom stereocenters. The summed E-state index contributed by atoms with van der Waals surface area (Å²) in [5, 5.41) is 3.03. The lowest BCUT2D eigenvalue weighted by Gasteiger charge is -2.29. The van der Waals surface area contributed by atoms with Gasteiger partial charge in [-0.2, -0.15) is 0 Å². The summed E-state index contributed by atoms with van der Waals surface area (Å²) < 4.78 is 25.7. The molecule has 0 heterocycles. The van der Waals surface area contributed by atoms with Crippen molar-refractivity contribution in [3.63, 3.8) is 0 Å². The Kier molecular flexibility index (Phi) is 6.59. The van der Waals surface area contributed by atoms with Gasteiger partial charge in [0.25, 0.3) is 0 Å². The van der Waals surface area contributed by atoms with Crippen molar-refractivity contribution >= 4 is 56.4 Å². The highest BCUT2D eigenvalue weighted by molar-refractivity contribution is 7.92. The molecule has 0 bridgehead atoms. The third kappa shape index (κ3) is 4.76. The van der Waals surface area contributed by atoms with E-state index in [1.54, 1.807) is 19.1 Å². The zero-order chi connectivity index (χ0) is 21.2. The number of benzene rings is 2. The molecule has 2 rings (SSSR count). The summed E-state index contributed by atoms with van der Waals surface area (Å²) in [5.74, 6) is -1.25. The molecule has 0 saturated heterocycles. The maximum atomic E-state index is 12.8. The summed E-state index contributed by atoms with van der Waals surface area (Å²) in [4.78, 5) is 24.3. The van der Waals surface area contributed by atoms with E-state index in [-0.39, 0.29) is 21.3 Å². The van der Waals surface area contributed by atoms with Gasteiger partial charge in [-0.25, -0.2) is 8.42 Å². The average Bonchev–Trinajstić information content (AvgIpc) is 2.58. The highest BCUT2D eigenvalue weighted by Crippen LogP contribution is 2.32. The van der Waals surface area contributed by atoms with Crippen molar-refractivity contribution in [1.29, 1.82) is 0 Å². The van der Waals surface area contributed by atoms with Gasteiger partial charge in [-0.05, 0) is 49.7 Å². The lowest BCUT2D eigenvalue weighted by Crippen LogP contribution is -2.45. The van der Waals surface area contributed by atoms with Crippen LogP contribution in [-0.2, 0) is 14.8 Å². The molecule has 0 aliphatic heterocycles. The Morgan fingerprint density at radius 2 is 1.82 bits per heavy atom. The lowest BCUT2D eigenvalue weighted by atomic mass is 10.1. The minimum Gasteiger partial charge on any atom is -0.366 e. The molecular weight excluding hydrogens is 425 g/mol. The number of hydrogen-bond acceptors (Lipinski definition) is 4. The van der Waals surface area contributed by atoms with Gasteiger partial charge in [-0.1, -0.05) is 29.3 Å². The number of nitrogens with zero attached hydrogens (tertiary/aromatic N) is 1. The first-order valence-electron chi connectivity index (χ1n) is 8.08. The van der Waals surface area contributed by atoms with E-state index >= 15 is 0 Å². The monoisotopic (exact) mass is 443 g/mol. The predicted molar refractivity (Wildman–Crippen MR) is 112 cm³/mol. The van der Waals surface area contributed by atoms with E-state index < -0.39 is 27.9 Å². The van der Waals surface area contributed by atoms with E-state index in [9.17, 15) is 18.0 Å². The Bertz CT molecular complexity index is 1040. The second kappa shape index (κ2) is 8.38. The molecule has 2 aromatic rings. The van der Waals surface area contributed by atoms with Gasteiger partial charge in [0.15, 0.2) is 0 Å². The summed E-state index contributed by atoms with van der Waals surface area (Å²) in [6.07, 6.45) is 0.965. The molecule has 3 N–H and O–H groups in total. The molecule has 150 valence electrons. The standard InChI is InChI=1S/C18H19Cl2N3O4S/c1-10-13(17(21)24)5-4-6-15(10)22-18(25)11(2)23(28(3,26)27)16-9-12(19)7-8-14(16)20/h4-9,11H,1-3H3,(H2,21,24)(H,22,25). The molecule has 0 aliphatic carbocycles. The molecular formula is C18H19Cl2N3O4S. The minimum absolute atomic E-state index is 0.0851. The molecule has 0 aliphatic rings. The van der Waals surface area contributed by atoms with E-state index in [1.807, 2.05) is 0 Å². The van der Waals surface area contributed by atoms with Crippen LogP contribution in [0, 0.1) is 6.92 Å². The topological polar surface area (TPSA) is 110 Å². The SMILES string of the molecule is Cc1c(NC(=O)C(C)N(c2cc(Cl)ccc2Cl)S(C)(=O)=O)cccc1C(N)=O. The van der Waals surface area contributed by atoms with Crippen molar-refractivity contribution in [2.24, 2.45) is 5.73 Å². The first-order chi connectivity index (χ1) is 12.9. The molecule has 28 heavy (non-hydrogen) atoms. The molecule has 1 atom stereocenters. The van der Waals surface area contributed by atoms with Crippen LogP contribution in [-0.4, -0.2) is 32.5 Å². The van der Waals surface area contributed by atoms with Crippen LogP contribution in [0.5, 0.6) is 0 Å². The number of amides is 2. The van der Waals surface area contributed by atoms with Gasteiger partial charge in [0.2, 0.25) is 21.8 Å². The predicted octanol–water partition coefficient (Wildman–Crippen LogP) is 3.19.